The number of rotatable bonds is 15. The van der Waals surface area contributed by atoms with Crippen molar-refractivity contribution < 1.29 is 65.7 Å². The molecule has 2 aromatic carbocycles. The number of anilines is 2. The quantitative estimate of drug-likeness (QED) is 0.117. The van der Waals surface area contributed by atoms with Crippen LogP contribution in [0, 0.1) is 0 Å². The van der Waals surface area contributed by atoms with Crippen LogP contribution in [-0.4, -0.2) is 99.9 Å². The number of carbonyl (C=O) groups excluding carboxylic acids is 2. The molecule has 0 aliphatic heterocycles. The van der Waals surface area contributed by atoms with Crippen molar-refractivity contribution in [1.29, 1.82) is 0 Å². The van der Waals surface area contributed by atoms with E-state index >= 15 is 0 Å². The maximum Gasteiger partial charge on any atom is 0.317 e. The molecule has 0 atom stereocenters. The number of benzene rings is 2. The summed E-state index contributed by atoms with van der Waals surface area (Å²) in [6.45, 7) is -2.16. The normalized spacial score (nSPS) is 11.5. The summed E-state index contributed by atoms with van der Waals surface area (Å²) in [5.74, 6) is -3.77. The van der Waals surface area contributed by atoms with Gasteiger partial charge in [-0.25, -0.2) is 27.1 Å². The average Bonchev–Trinajstić information content (AvgIpc) is 2.81. The summed E-state index contributed by atoms with van der Waals surface area (Å²) in [5.41, 5.74) is 0.461. The fourth-order valence-corrected chi connectivity index (χ4v) is 4.39. The zero-order valence-electron chi connectivity index (χ0n) is 21.6. The van der Waals surface area contributed by atoms with Crippen molar-refractivity contribution in [3.8, 4) is 0 Å². The molecule has 0 unspecified atom stereocenters. The summed E-state index contributed by atoms with van der Waals surface area (Å²) in [4.78, 5) is 49.7. The Balaban J connectivity index is 0.00000840. The van der Waals surface area contributed by atoms with E-state index in [0.29, 0.717) is 0 Å². The number of hydrogen-bond donors (Lipinski definition) is 6. The van der Waals surface area contributed by atoms with Gasteiger partial charge in [-0.15, -0.1) is 0 Å². The van der Waals surface area contributed by atoms with Crippen molar-refractivity contribution in [1.82, 2.24) is 9.80 Å². The van der Waals surface area contributed by atoms with Crippen LogP contribution in [0.15, 0.2) is 58.3 Å². The van der Waals surface area contributed by atoms with Gasteiger partial charge < -0.3 is 20.8 Å². The Hall–Kier alpha value is -3.32. The van der Waals surface area contributed by atoms with Gasteiger partial charge in [0.15, 0.2) is 0 Å². The summed E-state index contributed by atoms with van der Waals surface area (Å²) < 4.78 is 45.4. The maximum absolute atomic E-state index is 12.5. The van der Waals surface area contributed by atoms with Crippen LogP contribution in [0.1, 0.15) is 0 Å². The zero-order valence-corrected chi connectivity index (χ0v) is 26.2. The van der Waals surface area contributed by atoms with E-state index in [-0.39, 0.29) is 53.7 Å². The minimum Gasteiger partial charge on any atom is -0.480 e. The molecule has 0 saturated carbocycles. The Morgan fingerprint density at radius 2 is 0.902 bits per heavy atom. The van der Waals surface area contributed by atoms with Gasteiger partial charge in [-0.3, -0.25) is 29.0 Å². The summed E-state index contributed by atoms with van der Waals surface area (Å²) in [6.07, 6.45) is 0. The number of nitrogens with two attached hydrogens (primary N) is 2. The van der Waals surface area contributed by atoms with Gasteiger partial charge in [0.05, 0.1) is 36.0 Å². The molecule has 0 saturated heterocycles. The number of nitrogens with zero attached hydrogens (tertiary/aromatic N) is 2. The number of carbonyl (C=O) groups is 4. The molecular weight excluding hydrogens is 638 g/mol. The molecule has 19 heteroatoms. The summed E-state index contributed by atoms with van der Waals surface area (Å²) in [5, 5.41) is 33.5. The molecule has 0 radical (unpaired) electrons. The first kappa shape index (κ1) is 35.7. The minimum absolute atomic E-state index is 0. The fourth-order valence-electron chi connectivity index (χ4n) is 3.36. The van der Waals surface area contributed by atoms with Crippen LogP contribution >= 0.6 is 0 Å². The van der Waals surface area contributed by atoms with Crippen molar-refractivity contribution in [3.05, 3.63) is 48.5 Å². The topological polar surface area (TPSA) is 260 Å². The Kier molecular flexibility index (Phi) is 13.6. The monoisotopic (exact) mass is 664 g/mol. The minimum atomic E-state index is -3.93. The van der Waals surface area contributed by atoms with Crippen molar-refractivity contribution >= 4 is 55.2 Å². The molecule has 2 rings (SSSR count). The molecule has 0 aliphatic rings. The van der Waals surface area contributed by atoms with Gasteiger partial charge in [-0.1, -0.05) is 0 Å². The largest absolute Gasteiger partial charge is 0.480 e. The van der Waals surface area contributed by atoms with Crippen LogP contribution < -0.4 is 20.9 Å². The first-order valence-corrected chi connectivity index (χ1v) is 14.4. The van der Waals surface area contributed by atoms with E-state index in [4.69, 9.17) is 10.3 Å². The smallest absolute Gasteiger partial charge is 0.317 e. The van der Waals surface area contributed by atoms with Crippen LogP contribution in [0.5, 0.6) is 0 Å². The van der Waals surface area contributed by atoms with Gasteiger partial charge in [0.1, 0.15) is 0 Å². The van der Waals surface area contributed by atoms with Gasteiger partial charge >= 0.3 is 11.9 Å². The van der Waals surface area contributed by atoms with E-state index in [1.807, 2.05) is 0 Å². The molecule has 0 aliphatic carbocycles. The van der Waals surface area contributed by atoms with E-state index in [1.54, 1.807) is 0 Å². The van der Waals surface area contributed by atoms with E-state index < -0.39 is 70.0 Å². The molecular formula is C22H28N6O10S2Zn. The van der Waals surface area contributed by atoms with Crippen molar-refractivity contribution in [2.24, 2.45) is 10.3 Å². The maximum atomic E-state index is 12.5. The molecule has 0 bridgehead atoms. The number of nitrogens with one attached hydrogen (secondary N) is 2. The molecule has 0 spiro atoms. The van der Waals surface area contributed by atoms with Crippen molar-refractivity contribution in [3.63, 3.8) is 0 Å². The van der Waals surface area contributed by atoms with Crippen molar-refractivity contribution in [2.75, 3.05) is 49.9 Å². The Bertz CT molecular complexity index is 1340. The number of sulfonamides is 2. The first-order valence-electron chi connectivity index (χ1n) is 11.3. The first-order chi connectivity index (χ1) is 18.5. The summed E-state index contributed by atoms with van der Waals surface area (Å²) in [7, 11) is -7.85. The van der Waals surface area contributed by atoms with Gasteiger partial charge in [0.25, 0.3) is 0 Å². The Morgan fingerprint density at radius 3 is 1.15 bits per heavy atom. The molecule has 2 aromatic rings. The van der Waals surface area contributed by atoms with E-state index in [2.05, 4.69) is 10.6 Å². The molecule has 2 amide bonds. The van der Waals surface area contributed by atoms with E-state index in [9.17, 15) is 46.2 Å². The molecule has 8 N–H and O–H groups in total. The predicted octanol–water partition coefficient (Wildman–Crippen LogP) is -1.67. The van der Waals surface area contributed by atoms with Crippen molar-refractivity contribution in [2.45, 2.75) is 9.79 Å². The third-order valence-electron chi connectivity index (χ3n) is 5.12. The fraction of sp³-hybridized carbons (Fsp3) is 0.273. The number of amides is 2. The van der Waals surface area contributed by atoms with E-state index in [0.717, 1.165) is 0 Å². The number of primary sulfonamides is 2. The Labute approximate surface area is 248 Å². The predicted molar refractivity (Wildman–Crippen MR) is 141 cm³/mol. The Morgan fingerprint density at radius 1 is 0.610 bits per heavy atom. The summed E-state index contributed by atoms with van der Waals surface area (Å²) in [6, 6.07) is 9.94. The van der Waals surface area contributed by atoms with Crippen LogP contribution in [0.3, 0.4) is 0 Å². The van der Waals surface area contributed by atoms with Gasteiger partial charge in [0.2, 0.25) is 31.9 Å². The number of hydrogen-bond acceptors (Lipinski definition) is 10. The molecule has 0 aromatic heterocycles. The third kappa shape index (κ3) is 13.3. The zero-order chi connectivity index (χ0) is 30.1. The number of carboxylic acid groups (broad SMARTS) is 2. The SMILES string of the molecule is NS(=O)(=O)c1ccc(NC(=O)CN(CCN(CC(=O)O)CC(=O)Nc2ccc(S(N)(=O)=O)cc2)CC(=O)O)cc1.[Zn]. The average molecular weight is 666 g/mol. The number of carboxylic acids is 2. The molecule has 0 heterocycles. The molecule has 0 fully saturated rings. The summed E-state index contributed by atoms with van der Waals surface area (Å²) >= 11 is 0. The second kappa shape index (κ2) is 15.6. The van der Waals surface area contributed by atoms with E-state index in [1.165, 1.54) is 58.3 Å². The second-order valence-electron chi connectivity index (χ2n) is 8.44. The number of aliphatic carboxylic acids is 2. The second-order valence-corrected chi connectivity index (χ2v) is 11.6. The third-order valence-corrected chi connectivity index (χ3v) is 6.98. The molecule has 41 heavy (non-hydrogen) atoms. The van der Waals surface area contributed by atoms with Crippen LogP contribution in [-0.2, 0) is 58.7 Å². The molecule has 220 valence electrons. The van der Waals surface area contributed by atoms with Gasteiger partial charge in [-0.2, -0.15) is 0 Å². The van der Waals surface area contributed by atoms with Crippen LogP contribution in [0.25, 0.3) is 0 Å². The van der Waals surface area contributed by atoms with Crippen LogP contribution in [0.2, 0.25) is 0 Å². The van der Waals surface area contributed by atoms with Crippen LogP contribution in [0.4, 0.5) is 11.4 Å². The van der Waals surface area contributed by atoms with Gasteiger partial charge in [-0.05, 0) is 48.5 Å². The molecule has 16 nitrogen and oxygen atoms in total. The standard InChI is InChI=1S/C22H28N6O10S2.Zn/c23-39(35,36)17-5-1-15(2-6-17)25-19(29)11-27(13-21(31)32)9-10-28(14-22(33)34)12-20(30)26-16-3-7-18(8-4-16)40(24,37)38;/h1-8H,9-14H2,(H,25,29)(H,26,30)(H,31,32)(H,33,34)(H2,23,35,36)(H2,24,37,38);. The van der Waals surface area contributed by atoms with Gasteiger partial charge in [0, 0.05) is 43.9 Å².